The summed E-state index contributed by atoms with van der Waals surface area (Å²) in [6.07, 6.45) is 3.44. The first-order valence-corrected chi connectivity index (χ1v) is 9.73. The fourth-order valence-corrected chi connectivity index (χ4v) is 2.58. The lowest BCUT2D eigenvalue weighted by atomic mass is 10.1. The summed E-state index contributed by atoms with van der Waals surface area (Å²) in [5.74, 6) is -0.645. The maximum absolute atomic E-state index is 11.9. The van der Waals surface area contributed by atoms with Gasteiger partial charge in [-0.15, -0.1) is 0 Å². The second kappa shape index (κ2) is 11.1. The monoisotopic (exact) mass is 411 g/mol. The van der Waals surface area contributed by atoms with Crippen LogP contribution in [0.5, 0.6) is 0 Å². The Balaban J connectivity index is 1.89. The minimum atomic E-state index is -0.819. The Morgan fingerprint density at radius 2 is 1.60 bits per heavy atom. The maximum Gasteiger partial charge on any atom is 0.407 e. The molecule has 0 bridgehead atoms. The van der Waals surface area contributed by atoms with Crippen molar-refractivity contribution in [3.05, 3.63) is 71.3 Å². The molecular formula is C23H29N3O4. The van der Waals surface area contributed by atoms with E-state index >= 15 is 0 Å². The third-order valence-corrected chi connectivity index (χ3v) is 4.08. The maximum atomic E-state index is 11.9. The zero-order valence-electron chi connectivity index (χ0n) is 17.5. The summed E-state index contributed by atoms with van der Waals surface area (Å²) in [6.45, 7) is 5.61. The quantitative estimate of drug-likeness (QED) is 0.303. The third-order valence-electron chi connectivity index (χ3n) is 4.08. The molecule has 7 heteroatoms. The molecule has 2 rings (SSSR count). The lowest BCUT2D eigenvalue weighted by molar-refractivity contribution is -0.131. The lowest BCUT2D eigenvalue weighted by Gasteiger charge is -2.22. The first-order chi connectivity index (χ1) is 14.3. The van der Waals surface area contributed by atoms with E-state index in [4.69, 9.17) is 9.94 Å². The number of amides is 2. The first-order valence-electron chi connectivity index (χ1n) is 9.73. The van der Waals surface area contributed by atoms with Gasteiger partial charge in [-0.2, -0.15) is 0 Å². The lowest BCUT2D eigenvalue weighted by Crippen LogP contribution is -2.50. The Labute approximate surface area is 177 Å². The van der Waals surface area contributed by atoms with Crippen LogP contribution in [0.2, 0.25) is 0 Å². The van der Waals surface area contributed by atoms with E-state index in [1.807, 2.05) is 66.7 Å². The van der Waals surface area contributed by atoms with Gasteiger partial charge in [-0.25, -0.2) is 10.3 Å². The average molecular weight is 412 g/mol. The van der Waals surface area contributed by atoms with E-state index in [0.29, 0.717) is 6.54 Å². The molecule has 0 aliphatic carbocycles. The fourth-order valence-electron chi connectivity index (χ4n) is 2.58. The van der Waals surface area contributed by atoms with Crippen molar-refractivity contribution in [1.82, 2.24) is 16.1 Å². The molecule has 160 valence electrons. The van der Waals surface area contributed by atoms with Crippen molar-refractivity contribution in [1.29, 1.82) is 0 Å². The van der Waals surface area contributed by atoms with Crippen LogP contribution in [0.1, 0.15) is 37.5 Å². The number of benzene rings is 2. The molecule has 0 aromatic heterocycles. The van der Waals surface area contributed by atoms with Crippen molar-refractivity contribution in [2.75, 3.05) is 6.54 Å². The predicted molar refractivity (Wildman–Crippen MR) is 117 cm³/mol. The first kappa shape index (κ1) is 23.1. The highest BCUT2D eigenvalue weighted by Crippen LogP contribution is 2.10. The number of carbonyl (C=O) groups excluding carboxylic acids is 2. The van der Waals surface area contributed by atoms with Gasteiger partial charge in [0.15, 0.2) is 0 Å². The van der Waals surface area contributed by atoms with Crippen molar-refractivity contribution in [3.63, 3.8) is 0 Å². The Hall–Kier alpha value is -3.16. The van der Waals surface area contributed by atoms with Crippen LogP contribution in [-0.4, -0.2) is 35.4 Å². The number of hydrogen-bond acceptors (Lipinski definition) is 5. The molecule has 30 heavy (non-hydrogen) atoms. The number of nitrogens with one attached hydrogen (secondary N) is 3. The highest BCUT2D eigenvalue weighted by molar-refractivity contribution is 5.81. The molecule has 2 aromatic carbocycles. The molecule has 0 saturated carbocycles. The van der Waals surface area contributed by atoms with Crippen molar-refractivity contribution in [3.8, 4) is 0 Å². The van der Waals surface area contributed by atoms with Gasteiger partial charge in [0, 0.05) is 13.1 Å². The van der Waals surface area contributed by atoms with Crippen LogP contribution in [0.3, 0.4) is 0 Å². The topological polar surface area (TPSA) is 99.7 Å². The number of alkyl carbamates (subject to hydrolysis) is 1. The summed E-state index contributed by atoms with van der Waals surface area (Å²) in [7, 11) is 0. The van der Waals surface area contributed by atoms with E-state index in [1.54, 1.807) is 26.3 Å². The van der Waals surface area contributed by atoms with E-state index < -0.39 is 23.6 Å². The largest absolute Gasteiger partial charge is 0.444 e. The van der Waals surface area contributed by atoms with Gasteiger partial charge in [0.25, 0.3) is 5.91 Å². The van der Waals surface area contributed by atoms with Crippen LogP contribution < -0.4 is 16.1 Å². The van der Waals surface area contributed by atoms with Gasteiger partial charge in [0.1, 0.15) is 11.6 Å². The van der Waals surface area contributed by atoms with Crippen LogP contribution in [0.15, 0.2) is 54.6 Å². The van der Waals surface area contributed by atoms with E-state index in [-0.39, 0.29) is 6.54 Å². The van der Waals surface area contributed by atoms with Gasteiger partial charge in [-0.05, 0) is 37.5 Å². The van der Waals surface area contributed by atoms with E-state index in [0.717, 1.165) is 16.7 Å². The van der Waals surface area contributed by atoms with Crippen molar-refractivity contribution in [2.45, 2.75) is 39.0 Å². The highest BCUT2D eigenvalue weighted by atomic mass is 16.6. The van der Waals surface area contributed by atoms with Crippen LogP contribution in [0, 0.1) is 0 Å². The smallest absolute Gasteiger partial charge is 0.407 e. The third kappa shape index (κ3) is 8.46. The van der Waals surface area contributed by atoms with Gasteiger partial charge in [-0.1, -0.05) is 66.7 Å². The summed E-state index contributed by atoms with van der Waals surface area (Å²) < 4.78 is 5.15. The van der Waals surface area contributed by atoms with Crippen LogP contribution in [0.25, 0.3) is 12.2 Å². The zero-order valence-corrected chi connectivity index (χ0v) is 17.5. The Bertz CT molecular complexity index is 843. The van der Waals surface area contributed by atoms with Gasteiger partial charge < -0.3 is 15.4 Å². The second-order valence-electron chi connectivity index (χ2n) is 7.78. The van der Waals surface area contributed by atoms with Gasteiger partial charge in [0.05, 0.1) is 0 Å². The molecule has 0 radical (unpaired) electrons. The SMILES string of the molecule is CC(C)(C)OC(=O)NC[C@H](NCc1ccc(C=Cc2ccccc2)cc1)C(=O)NO. The van der Waals surface area contributed by atoms with Gasteiger partial charge >= 0.3 is 6.09 Å². The van der Waals surface area contributed by atoms with Crippen molar-refractivity contribution in [2.24, 2.45) is 0 Å². The van der Waals surface area contributed by atoms with Crippen LogP contribution >= 0.6 is 0 Å². The average Bonchev–Trinajstić information content (AvgIpc) is 2.72. The van der Waals surface area contributed by atoms with Crippen LogP contribution in [0.4, 0.5) is 4.79 Å². The molecule has 0 unspecified atom stereocenters. The predicted octanol–water partition coefficient (Wildman–Crippen LogP) is 3.35. The highest BCUT2D eigenvalue weighted by Gasteiger charge is 2.21. The summed E-state index contributed by atoms with van der Waals surface area (Å²) in [5.41, 5.74) is 4.11. The Morgan fingerprint density at radius 3 is 2.17 bits per heavy atom. The van der Waals surface area contributed by atoms with Crippen molar-refractivity contribution >= 4 is 24.2 Å². The van der Waals surface area contributed by atoms with Crippen LogP contribution in [-0.2, 0) is 16.1 Å². The Morgan fingerprint density at radius 1 is 1.00 bits per heavy atom. The molecule has 0 heterocycles. The van der Waals surface area contributed by atoms with Gasteiger partial charge in [0.2, 0.25) is 0 Å². The molecule has 2 amide bonds. The molecule has 0 aliphatic heterocycles. The molecule has 0 spiro atoms. The minimum Gasteiger partial charge on any atom is -0.444 e. The zero-order chi connectivity index (χ0) is 22.0. The van der Waals surface area contributed by atoms with E-state index in [1.165, 1.54) is 0 Å². The van der Waals surface area contributed by atoms with Gasteiger partial charge in [-0.3, -0.25) is 10.0 Å². The molecule has 2 aromatic rings. The molecule has 0 saturated heterocycles. The molecule has 7 nitrogen and oxygen atoms in total. The minimum absolute atomic E-state index is 0.0286. The standard InChI is InChI=1S/C23H29N3O4/c1-23(2,3)30-22(28)25-16-20(21(27)26-29)24-15-19-13-11-18(12-14-19)10-9-17-7-5-4-6-8-17/h4-14,20,24,29H,15-16H2,1-3H3,(H,25,28)(H,26,27)/t20-/m0/s1. The summed E-state index contributed by atoms with van der Waals surface area (Å²) in [5, 5.41) is 14.5. The molecule has 0 fully saturated rings. The number of carbonyl (C=O) groups is 2. The summed E-state index contributed by atoms with van der Waals surface area (Å²) in [6, 6.07) is 17.1. The van der Waals surface area contributed by atoms with E-state index in [9.17, 15) is 9.59 Å². The fraction of sp³-hybridized carbons (Fsp3) is 0.304. The molecule has 4 N–H and O–H groups in total. The van der Waals surface area contributed by atoms with E-state index in [2.05, 4.69) is 10.6 Å². The number of hydrogen-bond donors (Lipinski definition) is 4. The summed E-state index contributed by atoms with van der Waals surface area (Å²) >= 11 is 0. The Kier molecular flexibility index (Phi) is 8.58. The van der Waals surface area contributed by atoms with Crippen molar-refractivity contribution < 1.29 is 19.5 Å². The molecule has 1 atom stereocenters. The summed E-state index contributed by atoms with van der Waals surface area (Å²) in [4.78, 5) is 23.7. The number of hydroxylamine groups is 1. The second-order valence-corrected chi connectivity index (χ2v) is 7.78. The normalized spacial score (nSPS) is 12.4. The molecule has 0 aliphatic rings. The number of ether oxygens (including phenoxy) is 1. The number of rotatable bonds is 8. The molecular weight excluding hydrogens is 382 g/mol.